The number of aryl methyl sites for hydroxylation is 1. The average Bonchev–Trinajstić information content (AvgIpc) is 3.12. The number of fused-ring (bicyclic) bond motifs is 1. The Hall–Kier alpha value is -3.41. The second kappa shape index (κ2) is 8.61. The van der Waals surface area contributed by atoms with Gasteiger partial charge in [0.2, 0.25) is 0 Å². The third kappa shape index (κ3) is 4.59. The molecule has 0 fully saturated rings. The number of nitrogens with one attached hydrogen (secondary N) is 2. The van der Waals surface area contributed by atoms with E-state index in [9.17, 15) is 13.6 Å². The third-order valence-corrected chi connectivity index (χ3v) is 5.69. The van der Waals surface area contributed by atoms with Gasteiger partial charge in [0.1, 0.15) is 0 Å². The molecule has 3 aromatic rings. The summed E-state index contributed by atoms with van der Waals surface area (Å²) < 4.78 is 28.9. The lowest BCUT2D eigenvalue weighted by Gasteiger charge is -2.20. The van der Waals surface area contributed by atoms with Crippen molar-refractivity contribution in [2.45, 2.75) is 45.6 Å². The predicted octanol–water partition coefficient (Wildman–Crippen LogP) is 6.44. The maximum absolute atomic E-state index is 13.5. The van der Waals surface area contributed by atoms with Crippen molar-refractivity contribution in [1.82, 2.24) is 9.88 Å². The van der Waals surface area contributed by atoms with Crippen molar-refractivity contribution in [3.63, 3.8) is 0 Å². The van der Waals surface area contributed by atoms with Crippen LogP contribution >= 0.6 is 0 Å². The van der Waals surface area contributed by atoms with Crippen LogP contribution in [0.3, 0.4) is 0 Å². The quantitative estimate of drug-likeness (QED) is 0.489. The number of hydrogen-bond donors (Lipinski definition) is 2. The van der Waals surface area contributed by atoms with Crippen molar-refractivity contribution in [1.29, 1.82) is 0 Å². The third-order valence-electron chi connectivity index (χ3n) is 5.69. The topological polar surface area (TPSA) is 46.1 Å². The van der Waals surface area contributed by atoms with Crippen LogP contribution in [0.15, 0.2) is 66.5 Å². The molecular weight excluding hydrogens is 408 g/mol. The number of anilines is 1. The zero-order chi connectivity index (χ0) is 22.9. The molecule has 0 unspecified atom stereocenters. The predicted molar refractivity (Wildman–Crippen MR) is 123 cm³/mol. The summed E-state index contributed by atoms with van der Waals surface area (Å²) >= 11 is 0. The zero-order valence-electron chi connectivity index (χ0n) is 18.5. The molecule has 2 N–H and O–H groups in total. The Balaban J connectivity index is 1.69. The normalized spacial score (nSPS) is 14.0. The van der Waals surface area contributed by atoms with E-state index in [0.29, 0.717) is 6.42 Å². The Morgan fingerprint density at radius 2 is 1.72 bits per heavy atom. The number of urea groups is 1. The van der Waals surface area contributed by atoms with Gasteiger partial charge in [-0.05, 0) is 53.6 Å². The Kier molecular flexibility index (Phi) is 5.87. The minimum Gasteiger partial charge on any atom is -0.347 e. The summed E-state index contributed by atoms with van der Waals surface area (Å²) in [5.74, 6) is -1.96. The molecule has 0 spiro atoms. The molecule has 1 aromatic heterocycles. The minimum absolute atomic E-state index is 0.0436. The summed E-state index contributed by atoms with van der Waals surface area (Å²) in [5.41, 5.74) is 5.28. The molecule has 0 saturated carbocycles. The molecule has 0 bridgehead atoms. The largest absolute Gasteiger partial charge is 0.347 e. The van der Waals surface area contributed by atoms with Gasteiger partial charge in [-0.1, -0.05) is 45.0 Å². The van der Waals surface area contributed by atoms with E-state index in [1.807, 2.05) is 18.3 Å². The highest BCUT2D eigenvalue weighted by molar-refractivity contribution is 5.93. The molecule has 32 heavy (non-hydrogen) atoms. The van der Waals surface area contributed by atoms with Crippen LogP contribution in [0.25, 0.3) is 5.57 Å². The Bertz CT molecular complexity index is 1170. The molecule has 0 radical (unpaired) electrons. The molecule has 1 aliphatic heterocycles. The van der Waals surface area contributed by atoms with Gasteiger partial charge in [-0.15, -0.1) is 0 Å². The van der Waals surface area contributed by atoms with Crippen molar-refractivity contribution < 1.29 is 13.6 Å². The highest BCUT2D eigenvalue weighted by Gasteiger charge is 2.21. The van der Waals surface area contributed by atoms with E-state index in [1.54, 1.807) is 0 Å². The fourth-order valence-corrected chi connectivity index (χ4v) is 4.00. The molecule has 0 atom stereocenters. The van der Waals surface area contributed by atoms with Crippen molar-refractivity contribution >= 4 is 17.3 Å². The number of carbonyl (C=O) groups excluding carboxylic acids is 1. The van der Waals surface area contributed by atoms with Crippen LogP contribution in [0.1, 0.15) is 50.4 Å². The summed E-state index contributed by atoms with van der Waals surface area (Å²) in [6, 6.07) is 15.3. The van der Waals surface area contributed by atoms with Crippen LogP contribution in [0.5, 0.6) is 0 Å². The standard InChI is InChI=1S/C26H27F2N3O/c1-26(2,3)18-10-8-17(9-11-18)24-22(6-4-14-31-15-5-7-23(24)31)30-25(32)29-19-12-13-20(27)21(28)16-19/h5,7-13,15-16H,4,6,14H2,1-3H3,(H2,29,30,32). The lowest BCUT2D eigenvalue weighted by Crippen LogP contribution is -2.29. The van der Waals surface area contributed by atoms with Gasteiger partial charge in [0.15, 0.2) is 11.6 Å². The van der Waals surface area contributed by atoms with Crippen molar-refractivity contribution in [2.75, 3.05) is 5.32 Å². The van der Waals surface area contributed by atoms with E-state index in [1.165, 1.54) is 11.6 Å². The number of halogens is 2. The van der Waals surface area contributed by atoms with Crippen LogP contribution in [0.4, 0.5) is 19.3 Å². The number of hydrogen-bond acceptors (Lipinski definition) is 1. The second-order valence-corrected chi connectivity index (χ2v) is 9.08. The summed E-state index contributed by atoms with van der Waals surface area (Å²) in [7, 11) is 0. The highest BCUT2D eigenvalue weighted by atomic mass is 19.2. The SMILES string of the molecule is CC(C)(C)c1ccc(C2=C(NC(=O)Nc3ccc(F)c(F)c3)CCCn3cccc32)cc1. The fraction of sp³-hybridized carbons (Fsp3) is 0.269. The van der Waals surface area contributed by atoms with Gasteiger partial charge in [0.05, 0.1) is 5.69 Å². The zero-order valence-corrected chi connectivity index (χ0v) is 18.5. The number of amides is 2. The molecule has 0 saturated heterocycles. The maximum Gasteiger partial charge on any atom is 0.323 e. The first-order valence-electron chi connectivity index (χ1n) is 10.7. The molecule has 0 aliphatic carbocycles. The maximum atomic E-state index is 13.5. The molecule has 2 amide bonds. The van der Waals surface area contributed by atoms with Crippen molar-refractivity contribution in [2.24, 2.45) is 0 Å². The molecule has 166 valence electrons. The number of aromatic nitrogens is 1. The van der Waals surface area contributed by atoms with Crippen LogP contribution in [0, 0.1) is 11.6 Å². The van der Waals surface area contributed by atoms with Crippen molar-refractivity contribution in [3.05, 3.63) is 94.9 Å². The summed E-state index contributed by atoms with van der Waals surface area (Å²) in [5, 5.41) is 5.56. The van der Waals surface area contributed by atoms with Gasteiger partial charge >= 0.3 is 6.03 Å². The first-order valence-corrected chi connectivity index (χ1v) is 10.7. The number of carbonyl (C=O) groups is 1. The van der Waals surface area contributed by atoms with Crippen LogP contribution in [0.2, 0.25) is 0 Å². The smallest absolute Gasteiger partial charge is 0.323 e. The molecular formula is C26H27F2N3O. The number of rotatable bonds is 3. The van der Waals surface area contributed by atoms with Crippen molar-refractivity contribution in [3.8, 4) is 0 Å². The van der Waals surface area contributed by atoms with E-state index in [2.05, 4.69) is 60.2 Å². The van der Waals surface area contributed by atoms with Gasteiger partial charge < -0.3 is 15.2 Å². The molecule has 4 nitrogen and oxygen atoms in total. The van der Waals surface area contributed by atoms with E-state index in [0.717, 1.165) is 47.6 Å². The van der Waals surface area contributed by atoms with E-state index >= 15 is 0 Å². The summed E-state index contributed by atoms with van der Waals surface area (Å²) in [4.78, 5) is 12.7. The van der Waals surface area contributed by atoms with Crippen LogP contribution < -0.4 is 10.6 Å². The molecule has 6 heteroatoms. The van der Waals surface area contributed by atoms with E-state index < -0.39 is 17.7 Å². The van der Waals surface area contributed by atoms with Gasteiger partial charge in [0, 0.05) is 35.8 Å². The van der Waals surface area contributed by atoms with Gasteiger partial charge in [-0.3, -0.25) is 0 Å². The van der Waals surface area contributed by atoms with Crippen LogP contribution in [-0.4, -0.2) is 10.6 Å². The first-order chi connectivity index (χ1) is 15.2. The number of benzene rings is 2. The van der Waals surface area contributed by atoms with Gasteiger partial charge in [-0.25, -0.2) is 13.6 Å². The highest BCUT2D eigenvalue weighted by Crippen LogP contribution is 2.33. The fourth-order valence-electron chi connectivity index (χ4n) is 4.00. The lowest BCUT2D eigenvalue weighted by atomic mass is 9.86. The molecule has 2 heterocycles. The monoisotopic (exact) mass is 435 g/mol. The number of allylic oxidation sites excluding steroid dienone is 1. The average molecular weight is 436 g/mol. The lowest BCUT2D eigenvalue weighted by molar-refractivity contribution is 0.254. The Morgan fingerprint density at radius 1 is 0.969 bits per heavy atom. The van der Waals surface area contributed by atoms with Gasteiger partial charge in [-0.2, -0.15) is 0 Å². The summed E-state index contributed by atoms with van der Waals surface area (Å²) in [6.45, 7) is 7.37. The Labute approximate surface area is 187 Å². The van der Waals surface area contributed by atoms with Gasteiger partial charge in [0.25, 0.3) is 0 Å². The molecule has 1 aliphatic rings. The van der Waals surface area contributed by atoms with E-state index in [-0.39, 0.29) is 11.1 Å². The molecule has 4 rings (SSSR count). The first kappa shape index (κ1) is 21.8. The number of nitrogens with zero attached hydrogens (tertiary/aromatic N) is 1. The van der Waals surface area contributed by atoms with E-state index in [4.69, 9.17) is 0 Å². The Morgan fingerprint density at radius 3 is 2.41 bits per heavy atom. The van der Waals surface area contributed by atoms with Crippen LogP contribution in [-0.2, 0) is 12.0 Å². The minimum atomic E-state index is -1.01. The summed E-state index contributed by atoms with van der Waals surface area (Å²) in [6.07, 6.45) is 3.60. The second-order valence-electron chi connectivity index (χ2n) is 9.08. The molecule has 2 aromatic carbocycles.